The van der Waals surface area contributed by atoms with Crippen LogP contribution in [0, 0.1) is 0 Å². The van der Waals surface area contributed by atoms with E-state index in [0.717, 1.165) is 50.0 Å². The summed E-state index contributed by atoms with van der Waals surface area (Å²) in [5.41, 5.74) is 3.45. The molecule has 3 N–H and O–H groups in total. The number of likely N-dealkylation sites (tertiary alicyclic amines) is 2. The smallest absolute Gasteiger partial charge is 0.490 e. The fourth-order valence-electron chi connectivity index (χ4n) is 7.73. The molecule has 3 fully saturated rings. The van der Waals surface area contributed by atoms with E-state index in [0.29, 0.717) is 49.8 Å². The number of rotatable bonds is 10. The molecular formula is C42H46F5N7O7. The maximum Gasteiger partial charge on any atom is 0.490 e. The van der Waals surface area contributed by atoms with Crippen LogP contribution in [0.1, 0.15) is 109 Å². The Morgan fingerprint density at radius 3 is 2.15 bits per heavy atom. The van der Waals surface area contributed by atoms with Crippen molar-refractivity contribution in [1.29, 1.82) is 0 Å². The lowest BCUT2D eigenvalue weighted by Crippen LogP contribution is -2.45. The Bertz CT molecular complexity index is 2230. The second kappa shape index (κ2) is 19.2. The average Bonchev–Trinajstić information content (AvgIpc) is 3.64. The molecular weight excluding hydrogens is 809 g/mol. The van der Waals surface area contributed by atoms with Crippen LogP contribution in [0.25, 0.3) is 5.65 Å². The predicted octanol–water partition coefficient (Wildman–Crippen LogP) is 6.45. The first kappa shape index (κ1) is 44.6. The predicted molar refractivity (Wildman–Crippen MR) is 210 cm³/mol. The highest BCUT2D eigenvalue weighted by Gasteiger charge is 2.38. The van der Waals surface area contributed by atoms with Crippen molar-refractivity contribution in [3.05, 3.63) is 89.0 Å². The van der Waals surface area contributed by atoms with E-state index < -0.39 is 30.2 Å². The highest BCUT2D eigenvalue weighted by molar-refractivity contribution is 6.06. The Kier molecular flexibility index (Phi) is 14.0. The Hall–Kier alpha value is -5.98. The number of nitrogens with zero attached hydrogens (tertiary/aromatic N) is 5. The first-order chi connectivity index (χ1) is 28.9. The number of ether oxygens (including phenoxy) is 1. The van der Waals surface area contributed by atoms with E-state index in [4.69, 9.17) is 19.6 Å². The molecule has 4 aromatic rings. The summed E-state index contributed by atoms with van der Waals surface area (Å²) in [6.07, 6.45) is -0.198. The number of alkyl halides is 5. The van der Waals surface area contributed by atoms with Crippen molar-refractivity contribution in [2.24, 2.45) is 0 Å². The van der Waals surface area contributed by atoms with Crippen LogP contribution in [0.4, 0.5) is 27.8 Å². The number of carbonyl (C=O) groups excluding carboxylic acids is 4. The second-order valence-electron chi connectivity index (χ2n) is 15.5. The number of piperidine rings is 3. The fraction of sp³-hybridized carbons (Fsp3) is 0.452. The van der Waals surface area contributed by atoms with Crippen LogP contribution in [-0.4, -0.2) is 104 Å². The molecule has 326 valence electrons. The minimum absolute atomic E-state index is 0.0150. The number of anilines is 1. The molecule has 0 aliphatic carbocycles. The quantitative estimate of drug-likeness (QED) is 0.119. The van der Waals surface area contributed by atoms with E-state index in [1.165, 1.54) is 23.8 Å². The van der Waals surface area contributed by atoms with E-state index in [1.807, 2.05) is 37.1 Å². The van der Waals surface area contributed by atoms with Crippen molar-refractivity contribution in [3.63, 3.8) is 0 Å². The number of nitrogens with one attached hydrogen (secondary N) is 2. The Morgan fingerprint density at radius 2 is 1.54 bits per heavy atom. The van der Waals surface area contributed by atoms with Gasteiger partial charge in [-0.2, -0.15) is 13.2 Å². The van der Waals surface area contributed by atoms with Crippen LogP contribution in [0.5, 0.6) is 5.75 Å². The van der Waals surface area contributed by atoms with Gasteiger partial charge in [0.05, 0.1) is 29.8 Å². The molecule has 0 radical (unpaired) electrons. The number of fused-ring (bicyclic) bond motifs is 1. The zero-order valence-corrected chi connectivity index (χ0v) is 33.5. The van der Waals surface area contributed by atoms with Gasteiger partial charge in [0.25, 0.3) is 12.3 Å². The monoisotopic (exact) mass is 855 g/mol. The van der Waals surface area contributed by atoms with Gasteiger partial charge in [0.15, 0.2) is 0 Å². The average molecular weight is 856 g/mol. The van der Waals surface area contributed by atoms with Gasteiger partial charge in [-0.3, -0.25) is 29.4 Å². The first-order valence-electron chi connectivity index (χ1n) is 19.9. The molecule has 0 saturated carbocycles. The maximum atomic E-state index is 13.4. The molecule has 3 saturated heterocycles. The summed E-state index contributed by atoms with van der Waals surface area (Å²) in [4.78, 5) is 72.3. The summed E-state index contributed by atoms with van der Waals surface area (Å²) in [7, 11) is 0. The van der Waals surface area contributed by atoms with Crippen molar-refractivity contribution in [1.82, 2.24) is 29.5 Å². The van der Waals surface area contributed by atoms with Crippen LogP contribution in [0.15, 0.2) is 60.9 Å². The number of carboxylic acids is 1. The normalized spacial score (nSPS) is 18.2. The lowest BCUT2D eigenvalue weighted by Gasteiger charge is -2.35. The Labute approximate surface area is 347 Å². The molecule has 3 aliphatic rings. The number of carbonyl (C=O) groups is 5. The van der Waals surface area contributed by atoms with Gasteiger partial charge < -0.3 is 24.5 Å². The molecule has 6 heterocycles. The van der Waals surface area contributed by atoms with Crippen LogP contribution < -0.4 is 15.4 Å². The second-order valence-corrected chi connectivity index (χ2v) is 15.5. The van der Waals surface area contributed by atoms with Crippen molar-refractivity contribution in [3.8, 4) is 5.75 Å². The number of aliphatic carboxylic acids is 1. The number of pyridine rings is 2. The number of carboxylic acid groups (broad SMARTS) is 1. The summed E-state index contributed by atoms with van der Waals surface area (Å²) in [6.45, 7) is 7.03. The van der Waals surface area contributed by atoms with E-state index in [1.54, 1.807) is 16.7 Å². The maximum absolute atomic E-state index is 13.4. The minimum atomic E-state index is -5.08. The number of halogens is 5. The van der Waals surface area contributed by atoms with E-state index in [-0.39, 0.29) is 47.0 Å². The van der Waals surface area contributed by atoms with Gasteiger partial charge in [0.1, 0.15) is 22.9 Å². The third-order valence-corrected chi connectivity index (χ3v) is 10.9. The largest absolute Gasteiger partial charge is 0.490 e. The molecule has 1 aromatic carbocycles. The van der Waals surface area contributed by atoms with Crippen molar-refractivity contribution < 1.29 is 55.8 Å². The standard InChI is InChI=1S/C40H45F2N7O5.C2HF3O2/c1-24(2)54-33-20-35-44-32(22-49(35)21-30(33)40(53)45-34-5-3-4-31(43-34)38(41)42)28-14-18-48(19-15-28)37(51)23-47-16-12-26(13-17-47)25-6-8-27(9-7-25)29-10-11-36(50)46-39(29)52;3-2(4,5)1(6)7/h3-9,20-22,24,26,28-29,38H,10-19,23H2,1-2H3,(H,43,45,53)(H,46,50,52);(H,6,7). The molecule has 0 bridgehead atoms. The summed E-state index contributed by atoms with van der Waals surface area (Å²) in [5, 5.41) is 12.2. The summed E-state index contributed by atoms with van der Waals surface area (Å²) in [6, 6.07) is 14.0. The SMILES string of the molecule is CC(C)Oc1cc2nc(C3CCN(C(=O)CN4CCC(c5ccc(C6CCC(=O)NC6=O)cc5)CC4)CC3)cn2cc1C(=O)Nc1cccc(C(F)F)n1.O=C(O)C(F)(F)F. The van der Waals surface area contributed by atoms with Gasteiger partial charge in [0, 0.05) is 43.9 Å². The van der Waals surface area contributed by atoms with Crippen LogP contribution in [-0.2, 0) is 19.2 Å². The molecule has 4 amide bonds. The number of aromatic nitrogens is 3. The first-order valence-corrected chi connectivity index (χ1v) is 19.9. The van der Waals surface area contributed by atoms with Gasteiger partial charge in [0.2, 0.25) is 17.7 Å². The van der Waals surface area contributed by atoms with Gasteiger partial charge in [-0.05, 0) is 88.2 Å². The van der Waals surface area contributed by atoms with E-state index >= 15 is 0 Å². The Morgan fingerprint density at radius 1 is 0.902 bits per heavy atom. The molecule has 7 rings (SSSR count). The fourth-order valence-corrected chi connectivity index (χ4v) is 7.73. The van der Waals surface area contributed by atoms with Gasteiger partial charge in [-0.15, -0.1) is 0 Å². The lowest BCUT2D eigenvalue weighted by molar-refractivity contribution is -0.192. The molecule has 3 aliphatic heterocycles. The molecule has 1 atom stereocenters. The Balaban J connectivity index is 0.000000819. The van der Waals surface area contributed by atoms with Crippen LogP contribution in [0.2, 0.25) is 0 Å². The number of imidazole rings is 1. The molecule has 61 heavy (non-hydrogen) atoms. The van der Waals surface area contributed by atoms with E-state index in [2.05, 4.69) is 32.7 Å². The number of imide groups is 1. The zero-order chi connectivity index (χ0) is 44.0. The highest BCUT2D eigenvalue weighted by Crippen LogP contribution is 2.33. The third kappa shape index (κ3) is 11.4. The van der Waals surface area contributed by atoms with Crippen molar-refractivity contribution in [2.45, 2.75) is 88.8 Å². The summed E-state index contributed by atoms with van der Waals surface area (Å²) in [5.74, 6) is -3.01. The number of amides is 4. The van der Waals surface area contributed by atoms with Crippen molar-refractivity contribution >= 4 is 41.1 Å². The summed E-state index contributed by atoms with van der Waals surface area (Å²) >= 11 is 0. The van der Waals surface area contributed by atoms with E-state index in [9.17, 15) is 41.1 Å². The highest BCUT2D eigenvalue weighted by atomic mass is 19.4. The lowest BCUT2D eigenvalue weighted by atomic mass is 9.86. The molecule has 19 heteroatoms. The summed E-state index contributed by atoms with van der Waals surface area (Å²) < 4.78 is 65.8. The van der Waals surface area contributed by atoms with Gasteiger partial charge in [-0.1, -0.05) is 30.3 Å². The topological polar surface area (TPSA) is 176 Å². The van der Waals surface area contributed by atoms with Crippen molar-refractivity contribution in [2.75, 3.05) is 38.0 Å². The van der Waals surface area contributed by atoms with Crippen LogP contribution >= 0.6 is 0 Å². The number of hydrogen-bond acceptors (Lipinski definition) is 9. The number of hydrogen-bond donors (Lipinski definition) is 3. The third-order valence-electron chi connectivity index (χ3n) is 10.9. The van der Waals surface area contributed by atoms with Gasteiger partial charge >= 0.3 is 12.1 Å². The molecule has 3 aromatic heterocycles. The number of benzene rings is 1. The van der Waals surface area contributed by atoms with Crippen LogP contribution in [0.3, 0.4) is 0 Å². The molecule has 0 spiro atoms. The van der Waals surface area contributed by atoms with Gasteiger partial charge in [-0.25, -0.2) is 23.5 Å². The zero-order valence-electron chi connectivity index (χ0n) is 33.5. The molecule has 1 unspecified atom stereocenters. The molecule has 14 nitrogen and oxygen atoms in total. The minimum Gasteiger partial charge on any atom is -0.490 e.